The normalized spacial score (nSPS) is 16.0. The predicted molar refractivity (Wildman–Crippen MR) is 84.3 cm³/mol. The molecule has 0 bridgehead atoms. The van der Waals surface area contributed by atoms with Crippen LogP contribution in [0.5, 0.6) is 5.75 Å². The van der Waals surface area contributed by atoms with Gasteiger partial charge in [0, 0.05) is 38.4 Å². The number of carboxylic acids is 1. The van der Waals surface area contributed by atoms with E-state index < -0.39 is 11.4 Å². The van der Waals surface area contributed by atoms with Crippen molar-refractivity contribution in [3.05, 3.63) is 38.2 Å². The summed E-state index contributed by atoms with van der Waals surface area (Å²) in [6.07, 6.45) is 0. The fourth-order valence-corrected chi connectivity index (χ4v) is 3.45. The van der Waals surface area contributed by atoms with Gasteiger partial charge in [-0.25, -0.2) is 4.79 Å². The molecule has 1 atom stereocenters. The molecule has 119 valence electrons. The number of carboxylic acid groups (broad SMARTS) is 1. The van der Waals surface area contributed by atoms with Gasteiger partial charge in [0.05, 0.1) is 16.9 Å². The summed E-state index contributed by atoms with van der Waals surface area (Å²) in [5.74, 6) is -0.473. The molecule has 2 heterocycles. The first-order valence-electron chi connectivity index (χ1n) is 7.32. The van der Waals surface area contributed by atoms with E-state index in [9.17, 15) is 14.7 Å². The van der Waals surface area contributed by atoms with Crippen LogP contribution in [0, 0.1) is 27.7 Å². The van der Waals surface area contributed by atoms with Crippen molar-refractivity contribution in [3.8, 4) is 5.75 Å². The van der Waals surface area contributed by atoms with E-state index in [4.69, 9.17) is 4.74 Å². The van der Waals surface area contributed by atoms with E-state index in [1.165, 1.54) is 0 Å². The van der Waals surface area contributed by atoms with E-state index in [1.54, 1.807) is 6.92 Å². The second-order valence-corrected chi connectivity index (χ2v) is 6.05. The van der Waals surface area contributed by atoms with Crippen LogP contribution >= 0.6 is 0 Å². The number of pyridine rings is 1. The Kier molecular flexibility index (Phi) is 4.75. The molecule has 1 aliphatic rings. The number of aromatic nitrogens is 1. The first-order chi connectivity index (χ1) is 10.3. The van der Waals surface area contributed by atoms with Crippen LogP contribution < -0.4 is 10.2 Å². The molecule has 1 aromatic carbocycles. The molecule has 0 amide bonds. The van der Waals surface area contributed by atoms with Crippen LogP contribution in [0.25, 0.3) is 10.9 Å². The molecule has 1 radical (unpaired) electrons. The third kappa shape index (κ3) is 2.36. The van der Waals surface area contributed by atoms with Gasteiger partial charge in [-0.3, -0.25) is 4.79 Å². The molecule has 1 aromatic heterocycles. The Balaban J connectivity index is 0.00000192. The molecule has 6 heteroatoms. The summed E-state index contributed by atoms with van der Waals surface area (Å²) in [6.45, 7) is 9.91. The first-order valence-corrected chi connectivity index (χ1v) is 7.32. The molecular formula is C17H19NO4Y. The van der Waals surface area contributed by atoms with Crippen LogP contribution in [0.1, 0.15) is 45.7 Å². The maximum absolute atomic E-state index is 12.8. The summed E-state index contributed by atoms with van der Waals surface area (Å²) in [7, 11) is 0. The van der Waals surface area contributed by atoms with Gasteiger partial charge < -0.3 is 14.4 Å². The number of benzene rings is 1. The molecule has 2 aromatic rings. The summed E-state index contributed by atoms with van der Waals surface area (Å²) in [4.78, 5) is 24.4. The van der Waals surface area contributed by atoms with Gasteiger partial charge in [-0.1, -0.05) is 0 Å². The van der Waals surface area contributed by atoms with Crippen molar-refractivity contribution in [3.63, 3.8) is 0 Å². The van der Waals surface area contributed by atoms with Gasteiger partial charge in [0.15, 0.2) is 0 Å². The average molecular weight is 390 g/mol. The van der Waals surface area contributed by atoms with E-state index in [2.05, 4.69) is 0 Å². The largest absolute Gasteiger partial charge is 0.489 e. The van der Waals surface area contributed by atoms with Crippen LogP contribution in [-0.4, -0.2) is 22.2 Å². The van der Waals surface area contributed by atoms with Gasteiger partial charge in [-0.2, -0.15) is 0 Å². The van der Waals surface area contributed by atoms with Crippen LogP contribution in [0.2, 0.25) is 0 Å². The Hall–Kier alpha value is -1.20. The zero-order valence-corrected chi connectivity index (χ0v) is 16.8. The summed E-state index contributed by atoms with van der Waals surface area (Å²) in [6, 6.07) is -0.0183. The number of rotatable bonds is 1. The minimum atomic E-state index is -1.17. The Bertz CT molecular complexity index is 898. The maximum atomic E-state index is 12.8. The molecule has 0 spiro atoms. The Morgan fingerprint density at radius 2 is 1.78 bits per heavy atom. The minimum absolute atomic E-state index is 0. The van der Waals surface area contributed by atoms with Crippen molar-refractivity contribution < 1.29 is 47.3 Å². The molecule has 0 fully saturated rings. The second-order valence-electron chi connectivity index (χ2n) is 6.05. The molecule has 0 saturated heterocycles. The number of aromatic carboxylic acids is 1. The van der Waals surface area contributed by atoms with Gasteiger partial charge in [-0.05, 0) is 51.3 Å². The van der Waals surface area contributed by atoms with Crippen molar-refractivity contribution >= 4 is 16.9 Å². The molecule has 3 rings (SSSR count). The van der Waals surface area contributed by atoms with E-state index in [1.807, 2.05) is 32.3 Å². The molecule has 0 aliphatic carbocycles. The number of carbonyl (C=O) groups is 1. The number of hydrogen-bond acceptors (Lipinski definition) is 3. The molecule has 5 nitrogen and oxygen atoms in total. The number of aryl methyl sites for hydroxylation is 1. The summed E-state index contributed by atoms with van der Waals surface area (Å²) < 4.78 is 7.82. The van der Waals surface area contributed by atoms with Gasteiger partial charge in [0.25, 0.3) is 0 Å². The second kappa shape index (κ2) is 6.02. The zero-order chi connectivity index (χ0) is 16.3. The zero-order valence-electron chi connectivity index (χ0n) is 14.0. The average Bonchev–Trinajstić information content (AvgIpc) is 2.44. The standard InChI is InChI=1S/C17H19NO4.Y/c1-7-6-22-16-10(4)8(2)9(3)12-14(16)18(7)11(5)13(15(12)19)17(20)21;/h7H,6H2,1-5H3,(H,20,21);/t7-;/m0./s1. The smallest absolute Gasteiger partial charge is 0.341 e. The van der Waals surface area contributed by atoms with Gasteiger partial charge in [0.2, 0.25) is 5.43 Å². The molecular weight excluding hydrogens is 371 g/mol. The monoisotopic (exact) mass is 390 g/mol. The predicted octanol–water partition coefficient (Wildman–Crippen LogP) is 2.88. The molecule has 1 aliphatic heterocycles. The van der Waals surface area contributed by atoms with Crippen LogP contribution in [0.15, 0.2) is 4.79 Å². The van der Waals surface area contributed by atoms with Crippen molar-refractivity contribution in [2.45, 2.75) is 40.7 Å². The van der Waals surface area contributed by atoms with Crippen molar-refractivity contribution in [2.24, 2.45) is 0 Å². The van der Waals surface area contributed by atoms with Gasteiger partial charge in [0.1, 0.15) is 17.9 Å². The first kappa shape index (κ1) is 18.1. The molecule has 23 heavy (non-hydrogen) atoms. The van der Waals surface area contributed by atoms with Gasteiger partial charge in [-0.15, -0.1) is 0 Å². The number of nitrogens with zero attached hydrogens (tertiary/aromatic N) is 1. The molecule has 1 N–H and O–H groups in total. The van der Waals surface area contributed by atoms with Crippen molar-refractivity contribution in [2.75, 3.05) is 6.61 Å². The summed E-state index contributed by atoms with van der Waals surface area (Å²) >= 11 is 0. The van der Waals surface area contributed by atoms with Crippen molar-refractivity contribution in [1.82, 2.24) is 4.57 Å². The fraction of sp³-hybridized carbons (Fsp3) is 0.412. The fourth-order valence-electron chi connectivity index (χ4n) is 3.45. The third-order valence-electron chi connectivity index (χ3n) is 4.83. The number of ether oxygens (including phenoxy) is 1. The number of hydrogen-bond donors (Lipinski definition) is 1. The van der Waals surface area contributed by atoms with Crippen LogP contribution in [0.4, 0.5) is 0 Å². The Labute approximate surface area is 159 Å². The quantitative estimate of drug-likeness (QED) is 0.813. The maximum Gasteiger partial charge on any atom is 0.341 e. The van der Waals surface area contributed by atoms with E-state index >= 15 is 0 Å². The minimum Gasteiger partial charge on any atom is -0.489 e. The Morgan fingerprint density at radius 3 is 2.35 bits per heavy atom. The van der Waals surface area contributed by atoms with Gasteiger partial charge >= 0.3 is 5.97 Å². The van der Waals surface area contributed by atoms with E-state index in [0.717, 1.165) is 22.2 Å². The topological polar surface area (TPSA) is 68.5 Å². The van der Waals surface area contributed by atoms with E-state index in [0.29, 0.717) is 23.4 Å². The molecule has 0 unspecified atom stereocenters. The van der Waals surface area contributed by atoms with Crippen LogP contribution in [-0.2, 0) is 32.7 Å². The summed E-state index contributed by atoms with van der Waals surface area (Å²) in [5.41, 5.74) is 3.47. The van der Waals surface area contributed by atoms with E-state index in [-0.39, 0.29) is 44.3 Å². The SMILES string of the molecule is Cc1c(C)c2c3c(c1C)c(=O)c(C(=O)O)c(C)n3[C@@H](C)CO2.[Y]. The third-order valence-corrected chi connectivity index (χ3v) is 4.83. The van der Waals surface area contributed by atoms with Crippen LogP contribution in [0.3, 0.4) is 0 Å². The Morgan fingerprint density at radius 1 is 1.17 bits per heavy atom. The van der Waals surface area contributed by atoms with Crippen molar-refractivity contribution in [1.29, 1.82) is 0 Å². The summed E-state index contributed by atoms with van der Waals surface area (Å²) in [5, 5.41) is 9.94. The molecule has 0 saturated carbocycles.